The van der Waals surface area contributed by atoms with Crippen LogP contribution in [0.3, 0.4) is 0 Å². The molecule has 0 radical (unpaired) electrons. The van der Waals surface area contributed by atoms with Gasteiger partial charge in [0, 0.05) is 12.6 Å². The summed E-state index contributed by atoms with van der Waals surface area (Å²) in [5, 5.41) is 2.89. The first-order valence-electron chi connectivity index (χ1n) is 7.95. The van der Waals surface area contributed by atoms with Crippen molar-refractivity contribution < 1.29 is 14.3 Å². The summed E-state index contributed by atoms with van der Waals surface area (Å²) in [6.45, 7) is 0.631. The number of ether oxygens (including phenoxy) is 2. The number of carbonyl (C=O) groups excluding carboxylic acids is 1. The Labute approximate surface area is 143 Å². The zero-order valence-corrected chi connectivity index (χ0v) is 14.1. The normalized spacial score (nSPS) is 10.6. The zero-order chi connectivity index (χ0) is 17.2. The van der Waals surface area contributed by atoms with Crippen LogP contribution < -0.4 is 14.8 Å². The van der Waals surface area contributed by atoms with E-state index in [4.69, 9.17) is 9.47 Å². The summed E-state index contributed by atoms with van der Waals surface area (Å²) in [6, 6.07) is 15.6. The molecule has 2 aromatic rings. The van der Waals surface area contributed by atoms with E-state index in [1.54, 1.807) is 20.3 Å². The van der Waals surface area contributed by atoms with Crippen LogP contribution in [0.1, 0.15) is 17.5 Å². The van der Waals surface area contributed by atoms with Crippen LogP contribution in [0.15, 0.2) is 54.6 Å². The quantitative estimate of drug-likeness (QED) is 0.597. The monoisotopic (exact) mass is 325 g/mol. The maximum atomic E-state index is 11.8. The molecule has 0 fully saturated rings. The van der Waals surface area contributed by atoms with Crippen LogP contribution in [0.25, 0.3) is 6.08 Å². The van der Waals surface area contributed by atoms with Crippen molar-refractivity contribution in [1.82, 2.24) is 5.32 Å². The van der Waals surface area contributed by atoms with Gasteiger partial charge in [-0.2, -0.15) is 0 Å². The maximum Gasteiger partial charge on any atom is 0.243 e. The minimum absolute atomic E-state index is 0.0776. The molecular formula is C20H23NO3. The van der Waals surface area contributed by atoms with Crippen LogP contribution >= 0.6 is 0 Å². The van der Waals surface area contributed by atoms with Gasteiger partial charge in [0.2, 0.25) is 5.91 Å². The Balaban J connectivity index is 1.74. The predicted octanol–water partition coefficient (Wildman–Crippen LogP) is 3.47. The topological polar surface area (TPSA) is 47.6 Å². The number of nitrogens with one attached hydrogen (secondary N) is 1. The average molecular weight is 325 g/mol. The van der Waals surface area contributed by atoms with E-state index in [2.05, 4.69) is 5.32 Å². The summed E-state index contributed by atoms with van der Waals surface area (Å²) < 4.78 is 10.5. The molecule has 0 bridgehead atoms. The molecule has 4 heteroatoms. The number of rotatable bonds is 8. The number of benzene rings is 2. The highest BCUT2D eigenvalue weighted by atomic mass is 16.5. The van der Waals surface area contributed by atoms with E-state index < -0.39 is 0 Å². The number of amides is 1. The zero-order valence-electron chi connectivity index (χ0n) is 14.1. The molecule has 126 valence electrons. The lowest BCUT2D eigenvalue weighted by atomic mass is 10.1. The number of hydrogen-bond donors (Lipinski definition) is 1. The Morgan fingerprint density at radius 3 is 2.50 bits per heavy atom. The van der Waals surface area contributed by atoms with Gasteiger partial charge in [0.05, 0.1) is 14.2 Å². The van der Waals surface area contributed by atoms with E-state index >= 15 is 0 Å². The standard InChI is InChI=1S/C20H23NO3/c1-23-18-12-10-17(15-19(18)24-2)9-6-14-21-20(22)13-11-16-7-4-3-5-8-16/h3-5,7-8,10-13,15H,6,9,14H2,1-2H3,(H,21,22)/b13-11+. The SMILES string of the molecule is COc1ccc(CCCNC(=O)/C=C/c2ccccc2)cc1OC. The Hall–Kier alpha value is -2.75. The second-order valence-corrected chi connectivity index (χ2v) is 5.33. The number of aryl methyl sites for hydroxylation is 1. The van der Waals surface area contributed by atoms with Crippen molar-refractivity contribution in [1.29, 1.82) is 0 Å². The summed E-state index contributed by atoms with van der Waals surface area (Å²) in [5.74, 6) is 1.37. The number of carbonyl (C=O) groups is 1. The molecule has 1 N–H and O–H groups in total. The van der Waals surface area contributed by atoms with E-state index in [9.17, 15) is 4.79 Å². The molecule has 2 rings (SSSR count). The van der Waals surface area contributed by atoms with Crippen molar-refractivity contribution in [3.05, 3.63) is 65.7 Å². The van der Waals surface area contributed by atoms with E-state index in [1.807, 2.05) is 54.6 Å². The van der Waals surface area contributed by atoms with Crippen molar-refractivity contribution >= 4 is 12.0 Å². The fourth-order valence-corrected chi connectivity index (χ4v) is 2.34. The Morgan fingerprint density at radius 1 is 1.04 bits per heavy atom. The molecule has 0 atom stereocenters. The fourth-order valence-electron chi connectivity index (χ4n) is 2.34. The average Bonchev–Trinajstić information content (AvgIpc) is 2.64. The van der Waals surface area contributed by atoms with Gasteiger partial charge in [-0.25, -0.2) is 0 Å². The van der Waals surface area contributed by atoms with Gasteiger partial charge >= 0.3 is 0 Å². The summed E-state index contributed by atoms with van der Waals surface area (Å²) in [5.41, 5.74) is 2.17. The molecule has 0 aliphatic carbocycles. The molecule has 0 aliphatic rings. The van der Waals surface area contributed by atoms with Crippen LogP contribution in [-0.2, 0) is 11.2 Å². The summed E-state index contributed by atoms with van der Waals surface area (Å²) in [4.78, 5) is 11.8. The highest BCUT2D eigenvalue weighted by molar-refractivity contribution is 5.91. The minimum atomic E-state index is -0.0776. The number of hydrogen-bond acceptors (Lipinski definition) is 3. The lowest BCUT2D eigenvalue weighted by Crippen LogP contribution is -2.22. The Bertz CT molecular complexity index is 681. The molecule has 0 saturated heterocycles. The molecule has 24 heavy (non-hydrogen) atoms. The Kier molecular flexibility index (Phi) is 6.90. The van der Waals surface area contributed by atoms with Crippen LogP contribution in [0.5, 0.6) is 11.5 Å². The molecule has 0 saturated carbocycles. The molecule has 0 aliphatic heterocycles. The molecule has 0 aromatic heterocycles. The molecule has 0 heterocycles. The third-order valence-electron chi connectivity index (χ3n) is 3.62. The van der Waals surface area contributed by atoms with Crippen LogP contribution in [0.4, 0.5) is 0 Å². The van der Waals surface area contributed by atoms with Gasteiger partial charge in [-0.05, 0) is 42.2 Å². The Morgan fingerprint density at radius 2 is 1.79 bits per heavy atom. The lowest BCUT2D eigenvalue weighted by Gasteiger charge is -2.09. The van der Waals surface area contributed by atoms with Gasteiger partial charge in [0.25, 0.3) is 0 Å². The molecule has 4 nitrogen and oxygen atoms in total. The van der Waals surface area contributed by atoms with Gasteiger partial charge < -0.3 is 14.8 Å². The van der Waals surface area contributed by atoms with E-state index in [-0.39, 0.29) is 5.91 Å². The van der Waals surface area contributed by atoms with Gasteiger partial charge in [-0.15, -0.1) is 0 Å². The molecule has 0 unspecified atom stereocenters. The third kappa shape index (κ3) is 5.47. The van der Waals surface area contributed by atoms with Gasteiger partial charge in [-0.1, -0.05) is 36.4 Å². The van der Waals surface area contributed by atoms with Gasteiger partial charge in [0.1, 0.15) is 0 Å². The summed E-state index contributed by atoms with van der Waals surface area (Å²) >= 11 is 0. The number of methoxy groups -OCH3 is 2. The van der Waals surface area contributed by atoms with Crippen molar-refractivity contribution in [2.45, 2.75) is 12.8 Å². The largest absolute Gasteiger partial charge is 0.493 e. The highest BCUT2D eigenvalue weighted by Gasteiger charge is 2.04. The highest BCUT2D eigenvalue weighted by Crippen LogP contribution is 2.27. The minimum Gasteiger partial charge on any atom is -0.493 e. The van der Waals surface area contributed by atoms with Crippen molar-refractivity contribution in [2.75, 3.05) is 20.8 Å². The molecule has 0 spiro atoms. The van der Waals surface area contributed by atoms with E-state index in [0.717, 1.165) is 35.5 Å². The first-order valence-corrected chi connectivity index (χ1v) is 7.95. The van der Waals surface area contributed by atoms with Crippen LogP contribution in [0, 0.1) is 0 Å². The van der Waals surface area contributed by atoms with Crippen LogP contribution in [-0.4, -0.2) is 26.7 Å². The van der Waals surface area contributed by atoms with Crippen molar-refractivity contribution in [2.24, 2.45) is 0 Å². The van der Waals surface area contributed by atoms with Gasteiger partial charge in [-0.3, -0.25) is 4.79 Å². The van der Waals surface area contributed by atoms with Crippen molar-refractivity contribution in [3.8, 4) is 11.5 Å². The van der Waals surface area contributed by atoms with Gasteiger partial charge in [0.15, 0.2) is 11.5 Å². The van der Waals surface area contributed by atoms with Crippen molar-refractivity contribution in [3.63, 3.8) is 0 Å². The predicted molar refractivity (Wildman–Crippen MR) is 96.4 cm³/mol. The first kappa shape index (κ1) is 17.6. The van der Waals surface area contributed by atoms with Crippen LogP contribution in [0.2, 0.25) is 0 Å². The second kappa shape index (κ2) is 9.40. The first-order chi connectivity index (χ1) is 11.7. The summed E-state index contributed by atoms with van der Waals surface area (Å²) in [7, 11) is 3.25. The molecular weight excluding hydrogens is 302 g/mol. The van der Waals surface area contributed by atoms with E-state index in [0.29, 0.717) is 6.54 Å². The third-order valence-corrected chi connectivity index (χ3v) is 3.62. The smallest absolute Gasteiger partial charge is 0.243 e. The lowest BCUT2D eigenvalue weighted by molar-refractivity contribution is -0.116. The summed E-state index contributed by atoms with van der Waals surface area (Å²) in [6.07, 6.45) is 5.10. The molecule has 2 aromatic carbocycles. The van der Waals surface area contributed by atoms with E-state index in [1.165, 1.54) is 0 Å². The second-order valence-electron chi connectivity index (χ2n) is 5.33. The fraction of sp³-hybridized carbons (Fsp3) is 0.250. The molecule has 1 amide bonds. The maximum absolute atomic E-state index is 11.8.